The lowest BCUT2D eigenvalue weighted by Crippen LogP contribution is -2.65. The van der Waals surface area contributed by atoms with Crippen LogP contribution in [-0.2, 0) is 14.3 Å². The number of aromatic amines is 1. The third-order valence-electron chi connectivity index (χ3n) is 6.84. The molecule has 204 valence electrons. The highest BCUT2D eigenvalue weighted by Crippen LogP contribution is 2.48. The molecular weight excluding hydrogens is 502 g/mol. The van der Waals surface area contributed by atoms with Crippen molar-refractivity contribution >= 4 is 46.8 Å². The Hall–Kier alpha value is -3.60. The summed E-state index contributed by atoms with van der Waals surface area (Å²) in [7, 11) is 0. The van der Waals surface area contributed by atoms with E-state index < -0.39 is 5.60 Å². The Labute approximate surface area is 229 Å². The van der Waals surface area contributed by atoms with Gasteiger partial charge in [-0.2, -0.15) is 5.10 Å². The molecule has 38 heavy (non-hydrogen) atoms. The summed E-state index contributed by atoms with van der Waals surface area (Å²) in [5.41, 5.74) is 1.31. The molecule has 2 aromatic heterocycles. The lowest BCUT2D eigenvalue weighted by Gasteiger charge is -2.50. The number of rotatable bonds is 9. The molecular formula is C27H37N7O3S. The van der Waals surface area contributed by atoms with Crippen LogP contribution in [0.4, 0.5) is 23.1 Å². The average Bonchev–Trinajstić information content (AvgIpc) is 3.75. The van der Waals surface area contributed by atoms with Crippen LogP contribution in [0.25, 0.3) is 0 Å². The maximum Gasteiger partial charge on any atom is 0.303 e. The third-order valence-corrected chi connectivity index (χ3v) is 7.72. The van der Waals surface area contributed by atoms with Gasteiger partial charge in [-0.25, -0.2) is 9.97 Å². The molecule has 1 aromatic carbocycles. The van der Waals surface area contributed by atoms with Crippen molar-refractivity contribution in [3.63, 3.8) is 0 Å². The van der Waals surface area contributed by atoms with Gasteiger partial charge in [0, 0.05) is 50.0 Å². The van der Waals surface area contributed by atoms with Crippen LogP contribution in [0.3, 0.4) is 0 Å². The molecule has 0 bridgehead atoms. The molecule has 0 atom stereocenters. The van der Waals surface area contributed by atoms with E-state index in [1.165, 1.54) is 18.7 Å². The van der Waals surface area contributed by atoms with Gasteiger partial charge in [-0.15, -0.1) is 0 Å². The van der Waals surface area contributed by atoms with Crippen molar-refractivity contribution in [2.45, 2.75) is 62.6 Å². The lowest BCUT2D eigenvalue weighted by atomic mass is 9.88. The number of ether oxygens (including phenoxy) is 1. The fourth-order valence-electron chi connectivity index (χ4n) is 4.66. The van der Waals surface area contributed by atoms with E-state index in [9.17, 15) is 9.59 Å². The van der Waals surface area contributed by atoms with E-state index in [-0.39, 0.29) is 28.1 Å². The van der Waals surface area contributed by atoms with Gasteiger partial charge in [-0.1, -0.05) is 7.43 Å². The van der Waals surface area contributed by atoms with E-state index in [0.29, 0.717) is 35.8 Å². The quantitative estimate of drug-likeness (QED) is 0.242. The van der Waals surface area contributed by atoms with Crippen molar-refractivity contribution in [1.82, 2.24) is 20.2 Å². The first kappa shape index (κ1) is 26.0. The first-order valence-electron chi connectivity index (χ1n) is 12.6. The molecule has 11 heteroatoms. The van der Waals surface area contributed by atoms with Crippen molar-refractivity contribution in [2.75, 3.05) is 28.6 Å². The zero-order valence-corrected chi connectivity index (χ0v) is 21.6. The topological polar surface area (TPSA) is 125 Å². The maximum atomic E-state index is 12.0. The second-order valence-corrected chi connectivity index (χ2v) is 11.2. The number of nitrogens with one attached hydrogen (secondary N) is 3. The van der Waals surface area contributed by atoms with Gasteiger partial charge in [0.15, 0.2) is 11.0 Å². The molecule has 6 rings (SSSR count). The summed E-state index contributed by atoms with van der Waals surface area (Å²) in [4.78, 5) is 36.4. The summed E-state index contributed by atoms with van der Waals surface area (Å²) in [5.74, 6) is 2.50. The van der Waals surface area contributed by atoms with Crippen LogP contribution >= 0.6 is 11.8 Å². The van der Waals surface area contributed by atoms with E-state index in [4.69, 9.17) is 14.7 Å². The number of hydrogen-bond donors (Lipinski definition) is 3. The number of H-pyrrole nitrogens is 1. The van der Waals surface area contributed by atoms with Gasteiger partial charge in [0.05, 0.1) is 13.1 Å². The van der Waals surface area contributed by atoms with Gasteiger partial charge < -0.3 is 20.3 Å². The van der Waals surface area contributed by atoms with Crippen LogP contribution in [-0.4, -0.2) is 50.7 Å². The Morgan fingerprint density at radius 1 is 1.11 bits per heavy atom. The molecule has 0 spiro atoms. The predicted molar refractivity (Wildman–Crippen MR) is 151 cm³/mol. The summed E-state index contributed by atoms with van der Waals surface area (Å²) >= 11 is 1.44. The molecule has 0 radical (unpaired) electrons. The van der Waals surface area contributed by atoms with Crippen LogP contribution in [0.2, 0.25) is 0 Å². The van der Waals surface area contributed by atoms with E-state index >= 15 is 0 Å². The van der Waals surface area contributed by atoms with Crippen LogP contribution in [0.1, 0.15) is 48.6 Å². The fourth-order valence-corrected chi connectivity index (χ4v) is 5.43. The Balaban J connectivity index is 0.00000147. The Kier molecular flexibility index (Phi) is 7.04. The zero-order valence-electron chi connectivity index (χ0n) is 20.8. The molecule has 2 aliphatic carbocycles. The number of carbonyl (C=O) groups excluding carboxylic acids is 2. The summed E-state index contributed by atoms with van der Waals surface area (Å²) in [6.45, 7) is 4.65. The summed E-state index contributed by atoms with van der Waals surface area (Å²) in [5, 5.41) is 14.0. The molecule has 3 heterocycles. The molecule has 3 N–H and O–H groups in total. The number of benzene rings is 1. The number of hydrogen-bond acceptors (Lipinski definition) is 9. The predicted octanol–water partition coefficient (Wildman–Crippen LogP) is 5.41. The molecule has 2 saturated carbocycles. The highest BCUT2D eigenvalue weighted by atomic mass is 32.2. The molecule has 1 amide bonds. The Morgan fingerprint density at radius 3 is 2.45 bits per heavy atom. The first-order valence-corrected chi connectivity index (χ1v) is 13.4. The molecule has 10 nitrogen and oxygen atoms in total. The van der Waals surface area contributed by atoms with Crippen LogP contribution in [0, 0.1) is 18.8 Å². The highest BCUT2D eigenvalue weighted by molar-refractivity contribution is 7.99. The van der Waals surface area contributed by atoms with Gasteiger partial charge >= 0.3 is 5.97 Å². The number of esters is 1. The van der Waals surface area contributed by atoms with E-state index in [1.807, 2.05) is 43.3 Å². The molecule has 1 saturated heterocycles. The van der Waals surface area contributed by atoms with Crippen LogP contribution in [0.15, 0.2) is 46.5 Å². The number of nitrogens with zero attached hydrogens (tertiary/aromatic N) is 4. The third kappa shape index (κ3) is 5.77. The molecule has 3 aromatic rings. The van der Waals surface area contributed by atoms with Crippen molar-refractivity contribution in [1.29, 1.82) is 0 Å². The fraction of sp³-hybridized carbons (Fsp3) is 0.444. The minimum Gasteiger partial charge on any atom is -0.455 e. The van der Waals surface area contributed by atoms with Crippen molar-refractivity contribution in [3.05, 3.63) is 42.1 Å². The monoisotopic (exact) mass is 539 g/mol. The number of aromatic nitrogens is 4. The molecule has 1 aliphatic heterocycles. The van der Waals surface area contributed by atoms with Crippen molar-refractivity contribution in [2.24, 2.45) is 11.8 Å². The second kappa shape index (κ2) is 10.3. The summed E-state index contributed by atoms with van der Waals surface area (Å²) in [6, 6.07) is 11.5. The van der Waals surface area contributed by atoms with Crippen molar-refractivity contribution in [3.8, 4) is 0 Å². The van der Waals surface area contributed by atoms with Gasteiger partial charge in [0.25, 0.3) is 0 Å². The smallest absolute Gasteiger partial charge is 0.303 e. The molecule has 3 fully saturated rings. The van der Waals surface area contributed by atoms with Gasteiger partial charge in [-0.05, 0) is 68.6 Å². The summed E-state index contributed by atoms with van der Waals surface area (Å²) < 4.78 is 5.77. The SMILES string of the molecule is C.CC(=O)OC1(C2CC2)CN(c2cc(Nc3cc(C)[nH]n3)nc(Sc3ccc(NC(=O)C4CC4)cc3)n2)C1.[HH].[HH]. The maximum absolute atomic E-state index is 12.0. The first-order chi connectivity index (χ1) is 17.8. The van der Waals surface area contributed by atoms with Crippen LogP contribution in [0.5, 0.6) is 0 Å². The van der Waals surface area contributed by atoms with Gasteiger partial charge in [0.2, 0.25) is 5.91 Å². The Bertz CT molecular complexity index is 1340. The van der Waals surface area contributed by atoms with Crippen LogP contribution < -0.4 is 15.5 Å². The van der Waals surface area contributed by atoms with Gasteiger partial charge in [0.1, 0.15) is 17.2 Å². The minimum atomic E-state index is -0.419. The largest absolute Gasteiger partial charge is 0.455 e. The lowest BCUT2D eigenvalue weighted by molar-refractivity contribution is -0.162. The average molecular weight is 540 g/mol. The second-order valence-electron chi connectivity index (χ2n) is 10.1. The van der Waals surface area contributed by atoms with Crippen molar-refractivity contribution < 1.29 is 17.2 Å². The summed E-state index contributed by atoms with van der Waals surface area (Å²) in [6.07, 6.45) is 4.13. The molecule has 0 unspecified atom stereocenters. The number of aryl methyl sites for hydroxylation is 1. The number of carbonyl (C=O) groups is 2. The number of anilines is 4. The highest BCUT2D eigenvalue weighted by Gasteiger charge is 2.56. The minimum absolute atomic E-state index is 0. The van der Waals surface area contributed by atoms with E-state index in [2.05, 4.69) is 25.7 Å². The van der Waals surface area contributed by atoms with E-state index in [0.717, 1.165) is 47.8 Å². The standard InChI is InChI=1S/C26H29N7O3S.CH4.2H2/c1-15-11-22(32-31-15)28-21-12-23(33-13-26(14-33,18-5-6-18)36-16(2)34)30-25(29-21)37-20-9-7-19(8-10-20)27-24(35)17-3-4-17;;;/h7-12,17-18H,3-6,13-14H2,1-2H3,(H,27,35)(H2,28,29,30,31,32);1H4;2*1H. The normalized spacial score (nSPS) is 17.7. The number of amides is 1. The van der Waals surface area contributed by atoms with Gasteiger partial charge in [-0.3, -0.25) is 14.7 Å². The Morgan fingerprint density at radius 2 is 1.84 bits per heavy atom. The zero-order chi connectivity index (χ0) is 25.6. The molecule has 3 aliphatic rings. The van der Waals surface area contributed by atoms with E-state index in [1.54, 1.807) is 0 Å².